The number of nitrogens with one attached hydrogen (secondary N) is 1. The van der Waals surface area contributed by atoms with E-state index in [1.165, 1.54) is 40.7 Å². The van der Waals surface area contributed by atoms with Crippen LogP contribution in [0, 0.1) is 0 Å². The van der Waals surface area contributed by atoms with Gasteiger partial charge < -0.3 is 19.2 Å². The van der Waals surface area contributed by atoms with Crippen LogP contribution in [0.1, 0.15) is 57.9 Å². The van der Waals surface area contributed by atoms with Gasteiger partial charge in [-0.15, -0.1) is 11.3 Å². The fourth-order valence-electron chi connectivity index (χ4n) is 4.85. The van der Waals surface area contributed by atoms with Gasteiger partial charge in [-0.25, -0.2) is 0 Å². The second-order valence-electron chi connectivity index (χ2n) is 8.44. The summed E-state index contributed by atoms with van der Waals surface area (Å²) >= 11 is 1.73. The number of rotatable bonds is 7. The van der Waals surface area contributed by atoms with Gasteiger partial charge in [-0.3, -0.25) is 9.69 Å². The molecule has 0 unspecified atom stereocenters. The van der Waals surface area contributed by atoms with E-state index < -0.39 is 0 Å². The number of hydrogen-bond donors (Lipinski definition) is 1. The molecular weight excluding hydrogens is 436 g/mol. The summed E-state index contributed by atoms with van der Waals surface area (Å²) in [5.74, 6) is 1.00. The first-order valence-electron chi connectivity index (χ1n) is 11.8. The van der Waals surface area contributed by atoms with Crippen molar-refractivity contribution in [3.8, 4) is 5.75 Å². The van der Waals surface area contributed by atoms with Crippen LogP contribution in [0.25, 0.3) is 0 Å². The standard InChI is InChI=1S/C26H30N2O4S/c1-2-31-19-11-9-18(10-12-19)24(28-13-16-30-17-14-28)23-20-6-3-4-8-22(20)33-26(23)27-25(29)21-7-5-15-32-21/h5,7,9-12,15,24H,2-4,6,8,13-14,16-17H2,1H3,(H,27,29)/t24-/m0/s1. The average molecular weight is 467 g/mol. The van der Waals surface area contributed by atoms with Crippen molar-refractivity contribution in [3.05, 3.63) is 70.0 Å². The summed E-state index contributed by atoms with van der Waals surface area (Å²) in [7, 11) is 0. The second kappa shape index (κ2) is 10.1. The largest absolute Gasteiger partial charge is 0.494 e. The molecule has 2 aliphatic rings. The SMILES string of the molecule is CCOc1ccc([C@@H](c2c(NC(=O)c3ccco3)sc3c2CCCC3)N2CCOCC2)cc1. The first-order valence-corrected chi connectivity index (χ1v) is 12.6. The molecule has 3 aromatic rings. The van der Waals surface area contributed by atoms with Crippen LogP contribution in [-0.2, 0) is 17.6 Å². The Morgan fingerprint density at radius 1 is 1.15 bits per heavy atom. The highest BCUT2D eigenvalue weighted by Crippen LogP contribution is 2.46. The Balaban J connectivity index is 1.58. The molecule has 174 valence electrons. The Morgan fingerprint density at radius 3 is 2.67 bits per heavy atom. The topological polar surface area (TPSA) is 63.9 Å². The van der Waals surface area contributed by atoms with E-state index >= 15 is 0 Å². The minimum Gasteiger partial charge on any atom is -0.494 e. The lowest BCUT2D eigenvalue weighted by atomic mass is 9.88. The molecule has 1 atom stereocenters. The second-order valence-corrected chi connectivity index (χ2v) is 9.54. The number of amides is 1. The number of aryl methyl sites for hydroxylation is 1. The third-order valence-electron chi connectivity index (χ3n) is 6.38. The van der Waals surface area contributed by atoms with E-state index in [9.17, 15) is 4.79 Å². The summed E-state index contributed by atoms with van der Waals surface area (Å²) in [6, 6.07) is 11.9. The van der Waals surface area contributed by atoms with Gasteiger partial charge in [0, 0.05) is 23.5 Å². The Labute approximate surface area is 198 Å². The van der Waals surface area contributed by atoms with Gasteiger partial charge >= 0.3 is 0 Å². The van der Waals surface area contributed by atoms with E-state index in [2.05, 4.69) is 22.3 Å². The minimum absolute atomic E-state index is 0.0505. The normalized spacial score (nSPS) is 17.4. The molecule has 1 amide bonds. The van der Waals surface area contributed by atoms with Crippen molar-refractivity contribution < 1.29 is 18.7 Å². The highest BCUT2D eigenvalue weighted by Gasteiger charge is 2.33. The van der Waals surface area contributed by atoms with Crippen LogP contribution >= 0.6 is 11.3 Å². The maximum absolute atomic E-state index is 12.9. The number of thiophene rings is 1. The van der Waals surface area contributed by atoms with Gasteiger partial charge in [0.05, 0.1) is 32.1 Å². The Kier molecular flexibility index (Phi) is 6.80. The number of anilines is 1. The molecule has 1 aromatic carbocycles. The molecule has 33 heavy (non-hydrogen) atoms. The number of hydrogen-bond acceptors (Lipinski definition) is 6. The molecule has 1 N–H and O–H groups in total. The molecule has 0 bridgehead atoms. The number of carbonyl (C=O) groups excluding carboxylic acids is 1. The summed E-state index contributed by atoms with van der Waals surface area (Å²) in [6.45, 7) is 5.79. The van der Waals surface area contributed by atoms with E-state index in [0.29, 0.717) is 25.6 Å². The predicted octanol–water partition coefficient (Wildman–Crippen LogP) is 5.29. The summed E-state index contributed by atoms with van der Waals surface area (Å²) in [4.78, 5) is 16.8. The molecule has 5 rings (SSSR count). The maximum Gasteiger partial charge on any atom is 0.291 e. The van der Waals surface area contributed by atoms with Gasteiger partial charge in [0.1, 0.15) is 10.8 Å². The van der Waals surface area contributed by atoms with Crippen molar-refractivity contribution in [2.75, 3.05) is 38.2 Å². The summed E-state index contributed by atoms with van der Waals surface area (Å²) in [6.07, 6.45) is 6.04. The number of morpholine rings is 1. The Bertz CT molecular complexity index is 1070. The Morgan fingerprint density at radius 2 is 1.94 bits per heavy atom. The van der Waals surface area contributed by atoms with E-state index in [-0.39, 0.29) is 11.9 Å². The molecule has 7 heteroatoms. The highest BCUT2D eigenvalue weighted by atomic mass is 32.1. The van der Waals surface area contributed by atoms with Gasteiger partial charge in [-0.2, -0.15) is 0 Å². The van der Waals surface area contributed by atoms with Gasteiger partial charge in [-0.05, 0) is 68.0 Å². The lowest BCUT2D eigenvalue weighted by Crippen LogP contribution is -2.40. The van der Waals surface area contributed by atoms with Crippen molar-refractivity contribution >= 4 is 22.2 Å². The molecule has 1 aliphatic carbocycles. The molecule has 3 heterocycles. The van der Waals surface area contributed by atoms with E-state index in [4.69, 9.17) is 13.9 Å². The van der Waals surface area contributed by atoms with Crippen LogP contribution in [0.15, 0.2) is 47.1 Å². The fraction of sp³-hybridized carbons (Fsp3) is 0.423. The summed E-state index contributed by atoms with van der Waals surface area (Å²) < 4.78 is 16.7. The van der Waals surface area contributed by atoms with E-state index in [1.54, 1.807) is 23.5 Å². The van der Waals surface area contributed by atoms with Crippen molar-refractivity contribution in [1.29, 1.82) is 0 Å². The molecule has 1 fully saturated rings. The molecule has 1 aliphatic heterocycles. The summed E-state index contributed by atoms with van der Waals surface area (Å²) in [5, 5.41) is 4.13. The quantitative estimate of drug-likeness (QED) is 0.512. The predicted molar refractivity (Wildman–Crippen MR) is 129 cm³/mol. The van der Waals surface area contributed by atoms with Crippen LogP contribution in [0.4, 0.5) is 5.00 Å². The van der Waals surface area contributed by atoms with Gasteiger partial charge in [0.15, 0.2) is 5.76 Å². The molecule has 0 saturated carbocycles. The van der Waals surface area contributed by atoms with Crippen molar-refractivity contribution in [1.82, 2.24) is 4.90 Å². The van der Waals surface area contributed by atoms with Crippen LogP contribution in [-0.4, -0.2) is 43.7 Å². The maximum atomic E-state index is 12.9. The van der Waals surface area contributed by atoms with Gasteiger partial charge in [0.25, 0.3) is 5.91 Å². The van der Waals surface area contributed by atoms with E-state index in [1.807, 2.05) is 19.1 Å². The van der Waals surface area contributed by atoms with Crippen LogP contribution in [0.3, 0.4) is 0 Å². The molecular formula is C26H30N2O4S. The zero-order chi connectivity index (χ0) is 22.6. The molecule has 2 aromatic heterocycles. The number of fused-ring (bicyclic) bond motifs is 1. The molecule has 0 spiro atoms. The lowest BCUT2D eigenvalue weighted by molar-refractivity contribution is 0.0239. The van der Waals surface area contributed by atoms with Gasteiger partial charge in [0.2, 0.25) is 0 Å². The van der Waals surface area contributed by atoms with Crippen molar-refractivity contribution in [2.45, 2.75) is 38.6 Å². The fourth-order valence-corrected chi connectivity index (χ4v) is 6.17. The summed E-state index contributed by atoms with van der Waals surface area (Å²) in [5.41, 5.74) is 3.85. The smallest absolute Gasteiger partial charge is 0.291 e. The van der Waals surface area contributed by atoms with Crippen LogP contribution < -0.4 is 10.1 Å². The number of nitrogens with zero attached hydrogens (tertiary/aromatic N) is 1. The molecule has 0 radical (unpaired) electrons. The number of carbonyl (C=O) groups is 1. The van der Waals surface area contributed by atoms with Crippen LogP contribution in [0.5, 0.6) is 5.75 Å². The Hall–Kier alpha value is -2.61. The third kappa shape index (κ3) is 4.71. The zero-order valence-electron chi connectivity index (χ0n) is 19.0. The van der Waals surface area contributed by atoms with Crippen molar-refractivity contribution in [3.63, 3.8) is 0 Å². The number of ether oxygens (including phenoxy) is 2. The lowest BCUT2D eigenvalue weighted by Gasteiger charge is -2.36. The van der Waals surface area contributed by atoms with Crippen molar-refractivity contribution in [2.24, 2.45) is 0 Å². The first kappa shape index (κ1) is 22.2. The zero-order valence-corrected chi connectivity index (χ0v) is 19.8. The van der Waals surface area contributed by atoms with Gasteiger partial charge in [-0.1, -0.05) is 12.1 Å². The van der Waals surface area contributed by atoms with E-state index in [0.717, 1.165) is 36.7 Å². The molecule has 6 nitrogen and oxygen atoms in total. The molecule has 1 saturated heterocycles. The average Bonchev–Trinajstić information content (AvgIpc) is 3.50. The first-order chi connectivity index (χ1) is 16.2. The minimum atomic E-state index is -0.202. The third-order valence-corrected chi connectivity index (χ3v) is 7.60. The number of benzene rings is 1. The van der Waals surface area contributed by atoms with Crippen LogP contribution in [0.2, 0.25) is 0 Å². The monoisotopic (exact) mass is 466 g/mol. The number of furan rings is 1. The highest BCUT2D eigenvalue weighted by molar-refractivity contribution is 7.16.